The molecule has 10 heteroatoms. The van der Waals surface area contributed by atoms with Gasteiger partial charge in [-0.2, -0.15) is 0 Å². The molecule has 0 radical (unpaired) electrons. The van der Waals surface area contributed by atoms with Crippen LogP contribution in [-0.4, -0.2) is 108 Å². The zero-order valence-electron chi connectivity index (χ0n) is 20.3. The second-order valence-corrected chi connectivity index (χ2v) is 9.49. The van der Waals surface area contributed by atoms with Gasteiger partial charge in [0.05, 0.1) is 12.2 Å². The number of nitrogens with zero attached hydrogens (tertiary/aromatic N) is 7. The smallest absolute Gasteiger partial charge is 0.255 e. The molecule has 1 saturated carbocycles. The highest BCUT2D eigenvalue weighted by atomic mass is 16.5. The van der Waals surface area contributed by atoms with Crippen molar-refractivity contribution in [2.75, 3.05) is 75.3 Å². The van der Waals surface area contributed by atoms with E-state index in [0.717, 1.165) is 70.3 Å². The summed E-state index contributed by atoms with van der Waals surface area (Å²) in [6.07, 6.45) is 6.49. The highest BCUT2D eigenvalue weighted by Crippen LogP contribution is 2.23. The molecular formula is C25H35N7O3. The van der Waals surface area contributed by atoms with E-state index in [4.69, 9.17) is 9.84 Å². The Labute approximate surface area is 206 Å². The quantitative estimate of drug-likeness (QED) is 0.627. The lowest BCUT2D eigenvalue weighted by molar-refractivity contribution is 0.0746. The number of amides is 1. The molecule has 1 N–H and O–H groups in total. The van der Waals surface area contributed by atoms with Crippen molar-refractivity contribution in [1.29, 1.82) is 0 Å². The number of carbonyl (C=O) groups is 1. The maximum atomic E-state index is 13.0. The monoisotopic (exact) mass is 481 g/mol. The normalized spacial score (nSPS) is 19.9. The van der Waals surface area contributed by atoms with Crippen LogP contribution in [0.1, 0.15) is 36.0 Å². The molecule has 0 spiro atoms. The molecule has 35 heavy (non-hydrogen) atoms. The number of anilines is 2. The van der Waals surface area contributed by atoms with E-state index in [1.54, 1.807) is 6.20 Å². The van der Waals surface area contributed by atoms with Gasteiger partial charge >= 0.3 is 0 Å². The Morgan fingerprint density at radius 3 is 2.06 bits per heavy atom. The van der Waals surface area contributed by atoms with Gasteiger partial charge in [0.1, 0.15) is 6.10 Å². The van der Waals surface area contributed by atoms with Crippen LogP contribution in [0.2, 0.25) is 0 Å². The van der Waals surface area contributed by atoms with E-state index in [1.165, 1.54) is 12.8 Å². The fourth-order valence-corrected chi connectivity index (χ4v) is 5.07. The molecule has 3 aliphatic rings. The van der Waals surface area contributed by atoms with Crippen molar-refractivity contribution in [3.05, 3.63) is 36.0 Å². The first-order valence-electron chi connectivity index (χ1n) is 12.8. The third-order valence-corrected chi connectivity index (χ3v) is 7.21. The van der Waals surface area contributed by atoms with Crippen LogP contribution in [0, 0.1) is 0 Å². The molecule has 188 valence electrons. The van der Waals surface area contributed by atoms with Crippen molar-refractivity contribution < 1.29 is 14.6 Å². The Hall–Kier alpha value is -2.98. The van der Waals surface area contributed by atoms with Crippen molar-refractivity contribution >= 4 is 17.5 Å². The van der Waals surface area contributed by atoms with Gasteiger partial charge in [-0.3, -0.25) is 9.69 Å². The summed E-state index contributed by atoms with van der Waals surface area (Å²) in [6, 6.07) is 7.68. The topological polar surface area (TPSA) is 98.2 Å². The van der Waals surface area contributed by atoms with Crippen molar-refractivity contribution in [2.45, 2.75) is 31.8 Å². The van der Waals surface area contributed by atoms with E-state index in [9.17, 15) is 4.79 Å². The fraction of sp³-hybridized carbons (Fsp3) is 0.600. The number of aliphatic hydroxyl groups is 1. The minimum Gasteiger partial charge on any atom is -0.474 e. The second-order valence-electron chi connectivity index (χ2n) is 9.49. The second kappa shape index (κ2) is 11.2. The van der Waals surface area contributed by atoms with E-state index in [0.29, 0.717) is 24.5 Å². The van der Waals surface area contributed by atoms with Crippen LogP contribution in [0.5, 0.6) is 5.88 Å². The molecule has 0 atom stereocenters. The molecule has 4 heterocycles. The van der Waals surface area contributed by atoms with E-state index in [1.807, 2.05) is 29.2 Å². The summed E-state index contributed by atoms with van der Waals surface area (Å²) < 4.78 is 5.91. The van der Waals surface area contributed by atoms with Crippen LogP contribution >= 0.6 is 0 Å². The number of piperazine rings is 2. The van der Waals surface area contributed by atoms with E-state index < -0.39 is 0 Å². The lowest BCUT2D eigenvalue weighted by Crippen LogP contribution is -2.49. The number of ether oxygens (including phenoxy) is 1. The van der Waals surface area contributed by atoms with Crippen molar-refractivity contribution in [3.63, 3.8) is 0 Å². The Morgan fingerprint density at radius 1 is 0.886 bits per heavy atom. The highest BCUT2D eigenvalue weighted by Gasteiger charge is 2.24. The molecule has 1 amide bonds. The molecule has 2 aromatic rings. The number of aromatic nitrogens is 3. The molecule has 0 unspecified atom stereocenters. The number of aliphatic hydroxyl groups excluding tert-OH is 1. The SMILES string of the molecule is O=C(c1ccc(OC2CCCC2)nc1)N1CCN(c2ccc(N3CCN(CCO)CC3)nn2)CC1. The van der Waals surface area contributed by atoms with Gasteiger partial charge in [0.25, 0.3) is 5.91 Å². The number of β-amino-alcohol motifs (C(OH)–C–C–N with tert-alkyl or cyclic N) is 1. The molecule has 5 rings (SSSR count). The molecule has 0 bridgehead atoms. The molecular weight excluding hydrogens is 446 g/mol. The van der Waals surface area contributed by atoms with E-state index >= 15 is 0 Å². The minimum atomic E-state index is 0.00587. The summed E-state index contributed by atoms with van der Waals surface area (Å²) in [7, 11) is 0. The van der Waals surface area contributed by atoms with Gasteiger partial charge in [-0.1, -0.05) is 0 Å². The lowest BCUT2D eigenvalue weighted by atomic mass is 10.2. The first kappa shape index (κ1) is 23.7. The molecule has 1 aliphatic carbocycles. The van der Waals surface area contributed by atoms with E-state index in [-0.39, 0.29) is 18.6 Å². The van der Waals surface area contributed by atoms with Crippen molar-refractivity contribution in [2.24, 2.45) is 0 Å². The van der Waals surface area contributed by atoms with Crippen LogP contribution in [0.15, 0.2) is 30.5 Å². The molecule has 3 fully saturated rings. The predicted octanol–water partition coefficient (Wildman–Crippen LogP) is 1.27. The van der Waals surface area contributed by atoms with Crippen LogP contribution in [0.3, 0.4) is 0 Å². The first-order valence-corrected chi connectivity index (χ1v) is 12.8. The zero-order valence-corrected chi connectivity index (χ0v) is 20.3. The van der Waals surface area contributed by atoms with Gasteiger partial charge in [0.2, 0.25) is 5.88 Å². The molecule has 2 aliphatic heterocycles. The summed E-state index contributed by atoms with van der Waals surface area (Å²) >= 11 is 0. The Bertz CT molecular complexity index is 950. The molecule has 10 nitrogen and oxygen atoms in total. The van der Waals surface area contributed by atoms with Crippen LogP contribution in [0.4, 0.5) is 11.6 Å². The molecule has 2 saturated heterocycles. The first-order chi connectivity index (χ1) is 17.2. The largest absolute Gasteiger partial charge is 0.474 e. The standard InChI is InChI=1S/C25H35N7O3/c33-18-17-29-9-11-30(12-10-29)22-6-7-23(28-27-22)31-13-15-32(16-14-31)25(34)20-5-8-24(26-19-20)35-21-3-1-2-4-21/h5-8,19,21,33H,1-4,9-18H2. The Balaban J connectivity index is 1.10. The Kier molecular flexibility index (Phi) is 7.58. The van der Waals surface area contributed by atoms with Gasteiger partial charge in [-0.25, -0.2) is 4.98 Å². The third-order valence-electron chi connectivity index (χ3n) is 7.21. The summed E-state index contributed by atoms with van der Waals surface area (Å²) in [5.74, 6) is 2.34. The summed E-state index contributed by atoms with van der Waals surface area (Å²) in [5, 5.41) is 18.0. The highest BCUT2D eigenvalue weighted by molar-refractivity contribution is 5.94. The number of hydrogen-bond acceptors (Lipinski definition) is 9. The summed E-state index contributed by atoms with van der Waals surface area (Å²) in [5.41, 5.74) is 0.598. The molecule has 2 aromatic heterocycles. The number of hydrogen-bond donors (Lipinski definition) is 1. The van der Waals surface area contributed by atoms with Crippen molar-refractivity contribution in [3.8, 4) is 5.88 Å². The average molecular weight is 482 g/mol. The lowest BCUT2D eigenvalue weighted by Gasteiger charge is -2.36. The van der Waals surface area contributed by atoms with Crippen molar-refractivity contribution in [1.82, 2.24) is 25.0 Å². The predicted molar refractivity (Wildman–Crippen MR) is 133 cm³/mol. The number of rotatable bonds is 7. The van der Waals surface area contributed by atoms with Gasteiger partial charge in [0, 0.05) is 71.2 Å². The maximum Gasteiger partial charge on any atom is 0.255 e. The van der Waals surface area contributed by atoms with E-state index in [2.05, 4.69) is 29.9 Å². The van der Waals surface area contributed by atoms with Gasteiger partial charge in [-0.05, 0) is 43.9 Å². The zero-order chi connectivity index (χ0) is 24.0. The fourth-order valence-electron chi connectivity index (χ4n) is 5.07. The Morgan fingerprint density at radius 2 is 1.51 bits per heavy atom. The third kappa shape index (κ3) is 5.82. The van der Waals surface area contributed by atoms with Gasteiger partial charge in [-0.15, -0.1) is 10.2 Å². The van der Waals surface area contributed by atoms with Crippen LogP contribution in [-0.2, 0) is 0 Å². The number of carbonyl (C=O) groups excluding carboxylic acids is 1. The number of pyridine rings is 1. The average Bonchev–Trinajstić information content (AvgIpc) is 3.43. The summed E-state index contributed by atoms with van der Waals surface area (Å²) in [4.78, 5) is 25.9. The molecule has 0 aromatic carbocycles. The van der Waals surface area contributed by atoms with Gasteiger partial charge in [0.15, 0.2) is 11.6 Å². The minimum absolute atomic E-state index is 0.00587. The van der Waals surface area contributed by atoms with Crippen LogP contribution in [0.25, 0.3) is 0 Å². The van der Waals surface area contributed by atoms with Crippen LogP contribution < -0.4 is 14.5 Å². The summed E-state index contributed by atoms with van der Waals surface area (Å²) in [6.45, 7) is 7.25. The van der Waals surface area contributed by atoms with Gasteiger partial charge < -0.3 is 24.5 Å². The maximum absolute atomic E-state index is 13.0.